The van der Waals surface area contributed by atoms with Crippen LogP contribution in [0.5, 0.6) is 0 Å². The minimum absolute atomic E-state index is 0.0213. The van der Waals surface area contributed by atoms with Crippen molar-refractivity contribution in [1.29, 1.82) is 0 Å². The number of nitrogens with one attached hydrogen (secondary N) is 1. The van der Waals surface area contributed by atoms with Crippen LogP contribution in [0.25, 0.3) is 11.4 Å². The Bertz CT molecular complexity index is 1060. The first kappa shape index (κ1) is 17.9. The molecule has 0 amide bonds. The van der Waals surface area contributed by atoms with E-state index < -0.39 is 10.7 Å². The van der Waals surface area contributed by atoms with Crippen molar-refractivity contribution >= 4 is 17.4 Å². The van der Waals surface area contributed by atoms with Gasteiger partial charge in [-0.1, -0.05) is 12.1 Å². The third-order valence-electron chi connectivity index (χ3n) is 3.79. The number of hydrogen-bond acceptors (Lipinski definition) is 8. The van der Waals surface area contributed by atoms with Gasteiger partial charge in [-0.2, -0.15) is 0 Å². The van der Waals surface area contributed by atoms with Crippen LogP contribution in [-0.4, -0.2) is 36.8 Å². The van der Waals surface area contributed by atoms with E-state index in [0.29, 0.717) is 11.4 Å². The predicted octanol–water partition coefficient (Wildman–Crippen LogP) is 1.44. The Hall–Kier alpha value is -3.95. The molecule has 0 radical (unpaired) electrons. The van der Waals surface area contributed by atoms with E-state index >= 15 is 0 Å². The molecule has 0 unspecified atom stereocenters. The van der Waals surface area contributed by atoms with Gasteiger partial charge in [0.1, 0.15) is 6.33 Å². The summed E-state index contributed by atoms with van der Waals surface area (Å²) >= 11 is 0. The monoisotopic (exact) mass is 366 g/mol. The smallest absolute Gasteiger partial charge is 0.280 e. The zero-order valence-corrected chi connectivity index (χ0v) is 14.2. The number of ketones is 1. The SMILES string of the molecule is Cn1c(NCC(=O)c2ccccc2[N+](=O)[O-])nc(-c2ccncn2)cc1=O. The first-order valence-corrected chi connectivity index (χ1v) is 7.82. The Morgan fingerprint density at radius 1 is 1.26 bits per heavy atom. The van der Waals surface area contributed by atoms with Crippen LogP contribution in [0.15, 0.2) is 53.7 Å². The van der Waals surface area contributed by atoms with E-state index in [1.54, 1.807) is 12.1 Å². The summed E-state index contributed by atoms with van der Waals surface area (Å²) in [4.78, 5) is 47.2. The lowest BCUT2D eigenvalue weighted by Gasteiger charge is -2.11. The molecule has 1 N–H and O–H groups in total. The standard InChI is InChI=1S/C17H14N6O4/c1-22-16(25)8-13(12-6-7-18-10-20-12)21-17(22)19-9-15(24)11-4-2-3-5-14(11)23(26)27/h2-8,10H,9H2,1H3,(H,19,21). The number of aromatic nitrogens is 4. The Morgan fingerprint density at radius 3 is 2.74 bits per heavy atom. The summed E-state index contributed by atoms with van der Waals surface area (Å²) in [5.41, 5.74) is 0.129. The van der Waals surface area contributed by atoms with Gasteiger partial charge in [0, 0.05) is 25.4 Å². The van der Waals surface area contributed by atoms with Crippen molar-refractivity contribution in [2.75, 3.05) is 11.9 Å². The molecule has 0 saturated heterocycles. The molecule has 0 aliphatic rings. The topological polar surface area (TPSA) is 133 Å². The number of benzene rings is 1. The first-order chi connectivity index (χ1) is 13.0. The summed E-state index contributed by atoms with van der Waals surface area (Å²) in [5.74, 6) is -0.355. The number of Topliss-reactive ketones (excluding diaryl/α,β-unsaturated/α-hetero) is 1. The van der Waals surface area contributed by atoms with Crippen molar-refractivity contribution in [1.82, 2.24) is 19.5 Å². The summed E-state index contributed by atoms with van der Waals surface area (Å²) in [7, 11) is 1.50. The maximum atomic E-state index is 12.4. The number of para-hydroxylation sites is 1. The van der Waals surface area contributed by atoms with Crippen molar-refractivity contribution in [2.45, 2.75) is 0 Å². The summed E-state index contributed by atoms with van der Waals surface area (Å²) in [6, 6.07) is 8.59. The van der Waals surface area contributed by atoms with Crippen molar-refractivity contribution in [3.63, 3.8) is 0 Å². The lowest BCUT2D eigenvalue weighted by atomic mass is 10.1. The summed E-state index contributed by atoms with van der Waals surface area (Å²) in [6.45, 7) is -0.266. The first-order valence-electron chi connectivity index (χ1n) is 7.82. The van der Waals surface area contributed by atoms with Gasteiger partial charge >= 0.3 is 0 Å². The van der Waals surface area contributed by atoms with Gasteiger partial charge in [0.15, 0.2) is 5.78 Å². The van der Waals surface area contributed by atoms with Crippen LogP contribution >= 0.6 is 0 Å². The molecule has 1 aromatic carbocycles. The Labute approximate surface area is 152 Å². The van der Waals surface area contributed by atoms with Crippen molar-refractivity contribution in [3.8, 4) is 11.4 Å². The van der Waals surface area contributed by atoms with Gasteiger partial charge in [-0.05, 0) is 12.1 Å². The van der Waals surface area contributed by atoms with Crippen LogP contribution in [-0.2, 0) is 7.05 Å². The van der Waals surface area contributed by atoms with E-state index in [2.05, 4.69) is 20.3 Å². The lowest BCUT2D eigenvalue weighted by Crippen LogP contribution is -2.25. The summed E-state index contributed by atoms with van der Waals surface area (Å²) in [5, 5.41) is 13.8. The second-order valence-corrected chi connectivity index (χ2v) is 5.51. The number of nitro benzene ring substituents is 1. The lowest BCUT2D eigenvalue weighted by molar-refractivity contribution is -0.385. The molecule has 136 valence electrons. The average Bonchev–Trinajstić information content (AvgIpc) is 2.69. The molecule has 10 heteroatoms. The fourth-order valence-electron chi connectivity index (χ4n) is 2.39. The van der Waals surface area contributed by atoms with Crippen molar-refractivity contribution < 1.29 is 9.72 Å². The van der Waals surface area contributed by atoms with Crippen molar-refractivity contribution in [2.24, 2.45) is 7.05 Å². The number of nitro groups is 1. The molecule has 0 aliphatic heterocycles. The summed E-state index contributed by atoms with van der Waals surface area (Å²) < 4.78 is 1.23. The maximum Gasteiger partial charge on any atom is 0.280 e. The van der Waals surface area contributed by atoms with Gasteiger partial charge in [-0.15, -0.1) is 0 Å². The van der Waals surface area contributed by atoms with Crippen LogP contribution < -0.4 is 10.9 Å². The van der Waals surface area contributed by atoms with Gasteiger partial charge in [0.05, 0.1) is 28.4 Å². The fraction of sp³-hybridized carbons (Fsp3) is 0.118. The molecule has 3 aromatic rings. The second-order valence-electron chi connectivity index (χ2n) is 5.51. The van der Waals surface area contributed by atoms with Crippen LogP contribution in [0, 0.1) is 10.1 Å². The molecule has 0 atom stereocenters. The van der Waals surface area contributed by atoms with Gasteiger partial charge in [0.25, 0.3) is 11.2 Å². The van der Waals surface area contributed by atoms with E-state index in [4.69, 9.17) is 0 Å². The second kappa shape index (κ2) is 7.52. The van der Waals surface area contributed by atoms with Crippen LogP contribution in [0.4, 0.5) is 11.6 Å². The number of carbonyl (C=O) groups excluding carboxylic acids is 1. The van der Waals surface area contributed by atoms with E-state index in [-0.39, 0.29) is 29.3 Å². The van der Waals surface area contributed by atoms with Crippen LogP contribution in [0.2, 0.25) is 0 Å². The number of anilines is 1. The fourth-order valence-corrected chi connectivity index (χ4v) is 2.39. The molecule has 0 spiro atoms. The zero-order chi connectivity index (χ0) is 19.4. The Balaban J connectivity index is 1.86. The molecular weight excluding hydrogens is 352 g/mol. The third-order valence-corrected chi connectivity index (χ3v) is 3.79. The number of hydrogen-bond donors (Lipinski definition) is 1. The van der Waals surface area contributed by atoms with Crippen LogP contribution in [0.3, 0.4) is 0 Å². The molecule has 2 aromatic heterocycles. The Morgan fingerprint density at radius 2 is 2.04 bits per heavy atom. The van der Waals surface area contributed by atoms with Gasteiger partial charge in [-0.25, -0.2) is 15.0 Å². The minimum atomic E-state index is -0.614. The molecule has 0 bridgehead atoms. The highest BCUT2D eigenvalue weighted by Gasteiger charge is 2.19. The average molecular weight is 366 g/mol. The molecule has 10 nitrogen and oxygen atoms in total. The van der Waals surface area contributed by atoms with Gasteiger partial charge in [-0.3, -0.25) is 24.3 Å². The maximum absolute atomic E-state index is 12.4. The van der Waals surface area contributed by atoms with E-state index in [9.17, 15) is 19.7 Å². The van der Waals surface area contributed by atoms with E-state index in [0.717, 1.165) is 0 Å². The van der Waals surface area contributed by atoms with Gasteiger partial charge in [0.2, 0.25) is 5.95 Å². The Kier molecular flexibility index (Phi) is 4.97. The number of nitrogens with zero attached hydrogens (tertiary/aromatic N) is 5. The van der Waals surface area contributed by atoms with Crippen LogP contribution in [0.1, 0.15) is 10.4 Å². The minimum Gasteiger partial charge on any atom is -0.348 e. The molecule has 2 heterocycles. The molecular formula is C17H14N6O4. The van der Waals surface area contributed by atoms with E-state index in [1.165, 1.54) is 48.4 Å². The molecule has 0 aliphatic carbocycles. The highest BCUT2D eigenvalue weighted by atomic mass is 16.6. The van der Waals surface area contributed by atoms with Gasteiger partial charge < -0.3 is 5.32 Å². The molecule has 27 heavy (non-hydrogen) atoms. The highest BCUT2D eigenvalue weighted by molar-refractivity contribution is 6.02. The largest absolute Gasteiger partial charge is 0.348 e. The third kappa shape index (κ3) is 3.84. The summed E-state index contributed by atoms with van der Waals surface area (Å²) in [6.07, 6.45) is 2.85. The predicted molar refractivity (Wildman–Crippen MR) is 96.4 cm³/mol. The normalized spacial score (nSPS) is 10.4. The molecule has 0 saturated carbocycles. The quantitative estimate of drug-likeness (QED) is 0.393. The zero-order valence-electron chi connectivity index (χ0n) is 14.2. The highest BCUT2D eigenvalue weighted by Crippen LogP contribution is 2.18. The van der Waals surface area contributed by atoms with E-state index in [1.807, 2.05) is 0 Å². The molecule has 3 rings (SSSR count). The number of rotatable bonds is 6. The molecule has 0 fully saturated rings. The number of carbonyl (C=O) groups is 1. The van der Waals surface area contributed by atoms with Crippen molar-refractivity contribution in [3.05, 3.63) is 75.0 Å².